The number of ketones is 1. The smallest absolute Gasteiger partial charge is 0.332 e. The van der Waals surface area contributed by atoms with Gasteiger partial charge < -0.3 is 14.9 Å². The van der Waals surface area contributed by atoms with Crippen molar-refractivity contribution in [2.24, 2.45) is 11.3 Å². The van der Waals surface area contributed by atoms with E-state index < -0.39 is 22.9 Å². The van der Waals surface area contributed by atoms with Crippen molar-refractivity contribution in [3.05, 3.63) is 12.2 Å². The first-order valence-corrected chi connectivity index (χ1v) is 7.03. The molecule has 0 aromatic carbocycles. The molecule has 118 valence electrons. The van der Waals surface area contributed by atoms with Gasteiger partial charge in [-0.25, -0.2) is 4.79 Å². The van der Waals surface area contributed by atoms with Gasteiger partial charge in [0, 0.05) is 31.6 Å². The Labute approximate surface area is 123 Å². The molecule has 1 rings (SSSR count). The first-order chi connectivity index (χ1) is 9.85. The lowest BCUT2D eigenvalue weighted by Gasteiger charge is -2.29. The molecule has 0 spiro atoms. The van der Waals surface area contributed by atoms with Crippen LogP contribution in [0.4, 0.5) is 0 Å². The highest BCUT2D eigenvalue weighted by Gasteiger charge is 2.46. The van der Waals surface area contributed by atoms with E-state index in [1.54, 1.807) is 0 Å². The minimum atomic E-state index is -1.79. The van der Waals surface area contributed by atoms with Crippen molar-refractivity contribution in [1.82, 2.24) is 0 Å². The molecule has 0 aromatic rings. The van der Waals surface area contributed by atoms with E-state index in [1.165, 1.54) is 7.11 Å². The number of carbonyl (C=O) groups is 3. The zero-order chi connectivity index (χ0) is 16.0. The number of carbonyl (C=O) groups excluding carboxylic acids is 1. The Bertz CT molecular complexity index is 435. The van der Waals surface area contributed by atoms with E-state index >= 15 is 0 Å². The second-order valence-corrected chi connectivity index (χ2v) is 5.54. The molecule has 0 amide bonds. The van der Waals surface area contributed by atoms with Gasteiger partial charge in [0.2, 0.25) is 0 Å². The molecule has 1 aliphatic carbocycles. The topological polar surface area (TPSA) is 101 Å². The fourth-order valence-corrected chi connectivity index (χ4v) is 2.83. The first-order valence-electron chi connectivity index (χ1n) is 7.03. The Morgan fingerprint density at radius 3 is 2.24 bits per heavy atom. The van der Waals surface area contributed by atoms with Gasteiger partial charge in [-0.05, 0) is 19.3 Å². The van der Waals surface area contributed by atoms with Gasteiger partial charge in [-0.15, -0.1) is 0 Å². The average molecular weight is 298 g/mol. The minimum Gasteiger partial charge on any atom is -0.481 e. The van der Waals surface area contributed by atoms with E-state index in [0.29, 0.717) is 0 Å². The zero-order valence-electron chi connectivity index (χ0n) is 12.3. The molecule has 21 heavy (non-hydrogen) atoms. The van der Waals surface area contributed by atoms with Crippen LogP contribution in [0.3, 0.4) is 0 Å². The summed E-state index contributed by atoms with van der Waals surface area (Å²) in [5, 5.41) is 18.7. The first kappa shape index (κ1) is 17.4. The standard InChI is InChI=1S/C15H22O6/c1-10(13(17)18)15(14(19)20,7-8-21-2)9-12(16)11-5-3-4-6-11/h11H,1,3-9H2,2H3,(H,17,18)(H,19,20). The minimum absolute atomic E-state index is 0.0521. The molecular weight excluding hydrogens is 276 g/mol. The number of methoxy groups -OCH3 is 1. The van der Waals surface area contributed by atoms with E-state index in [9.17, 15) is 19.5 Å². The second-order valence-electron chi connectivity index (χ2n) is 5.54. The van der Waals surface area contributed by atoms with Crippen LogP contribution in [0.15, 0.2) is 12.2 Å². The highest BCUT2D eigenvalue weighted by atomic mass is 16.5. The number of carboxylic acid groups (broad SMARTS) is 2. The molecular formula is C15H22O6. The molecule has 6 nitrogen and oxygen atoms in total. The van der Waals surface area contributed by atoms with Crippen molar-refractivity contribution in [2.75, 3.05) is 13.7 Å². The molecule has 1 atom stereocenters. The summed E-state index contributed by atoms with van der Waals surface area (Å²) in [6, 6.07) is 0. The second kappa shape index (κ2) is 7.36. The van der Waals surface area contributed by atoms with Crippen molar-refractivity contribution in [1.29, 1.82) is 0 Å². The van der Waals surface area contributed by atoms with Crippen LogP contribution in [-0.4, -0.2) is 41.7 Å². The lowest BCUT2D eigenvalue weighted by Crippen LogP contribution is -2.40. The maximum absolute atomic E-state index is 12.3. The van der Waals surface area contributed by atoms with E-state index in [1.807, 2.05) is 0 Å². The molecule has 1 aliphatic rings. The Morgan fingerprint density at radius 2 is 1.81 bits per heavy atom. The number of ether oxygens (including phenoxy) is 1. The summed E-state index contributed by atoms with van der Waals surface area (Å²) in [7, 11) is 1.40. The SMILES string of the molecule is C=C(C(=O)O)C(CCOC)(CC(=O)C1CCCC1)C(=O)O. The van der Waals surface area contributed by atoms with Crippen LogP contribution < -0.4 is 0 Å². The summed E-state index contributed by atoms with van der Waals surface area (Å²) in [5.74, 6) is -3.08. The van der Waals surface area contributed by atoms with Crippen molar-refractivity contribution in [2.45, 2.75) is 38.5 Å². The molecule has 6 heteroatoms. The number of hydrogen-bond donors (Lipinski definition) is 2. The van der Waals surface area contributed by atoms with E-state index in [0.717, 1.165) is 25.7 Å². The fraction of sp³-hybridized carbons (Fsp3) is 0.667. The van der Waals surface area contributed by atoms with Gasteiger partial charge >= 0.3 is 11.9 Å². The third-order valence-corrected chi connectivity index (χ3v) is 4.26. The molecule has 1 saturated carbocycles. The number of carboxylic acids is 2. The van der Waals surface area contributed by atoms with E-state index in [2.05, 4.69) is 6.58 Å². The summed E-state index contributed by atoms with van der Waals surface area (Å²) in [5.41, 5.74) is -2.25. The van der Waals surface area contributed by atoms with Crippen LogP contribution in [0, 0.1) is 11.3 Å². The van der Waals surface area contributed by atoms with Crippen LogP contribution in [-0.2, 0) is 19.1 Å². The average Bonchev–Trinajstić information content (AvgIpc) is 2.96. The van der Waals surface area contributed by atoms with Gasteiger partial charge in [0.05, 0.1) is 0 Å². The molecule has 0 radical (unpaired) electrons. The molecule has 0 saturated heterocycles. The largest absolute Gasteiger partial charge is 0.481 e. The van der Waals surface area contributed by atoms with Crippen molar-refractivity contribution < 1.29 is 29.3 Å². The third-order valence-electron chi connectivity index (χ3n) is 4.26. The summed E-state index contributed by atoms with van der Waals surface area (Å²) in [4.78, 5) is 35.2. The fourth-order valence-electron chi connectivity index (χ4n) is 2.83. The van der Waals surface area contributed by atoms with Crippen LogP contribution >= 0.6 is 0 Å². The molecule has 1 unspecified atom stereocenters. The highest BCUT2D eigenvalue weighted by Crippen LogP contribution is 2.38. The Hall–Kier alpha value is -1.69. The lowest BCUT2D eigenvalue weighted by molar-refractivity contribution is -0.153. The van der Waals surface area contributed by atoms with Gasteiger partial charge in [-0.2, -0.15) is 0 Å². The van der Waals surface area contributed by atoms with Gasteiger partial charge in [0.1, 0.15) is 11.2 Å². The predicted molar refractivity (Wildman–Crippen MR) is 74.9 cm³/mol. The summed E-state index contributed by atoms with van der Waals surface area (Å²) in [6.45, 7) is 3.44. The Morgan fingerprint density at radius 1 is 1.24 bits per heavy atom. The molecule has 0 aliphatic heterocycles. The van der Waals surface area contributed by atoms with Gasteiger partial charge in [0.25, 0.3) is 0 Å². The van der Waals surface area contributed by atoms with Crippen LogP contribution in [0.5, 0.6) is 0 Å². The Balaban J connectivity index is 3.02. The van der Waals surface area contributed by atoms with E-state index in [-0.39, 0.29) is 31.1 Å². The number of aliphatic carboxylic acids is 2. The van der Waals surface area contributed by atoms with Crippen LogP contribution in [0.2, 0.25) is 0 Å². The van der Waals surface area contributed by atoms with Gasteiger partial charge in [-0.3, -0.25) is 9.59 Å². The number of hydrogen-bond acceptors (Lipinski definition) is 4. The van der Waals surface area contributed by atoms with Crippen LogP contribution in [0.25, 0.3) is 0 Å². The monoisotopic (exact) mass is 298 g/mol. The maximum atomic E-state index is 12.3. The van der Waals surface area contributed by atoms with E-state index in [4.69, 9.17) is 9.84 Å². The van der Waals surface area contributed by atoms with Crippen molar-refractivity contribution in [3.63, 3.8) is 0 Å². The van der Waals surface area contributed by atoms with Gasteiger partial charge in [-0.1, -0.05) is 19.4 Å². The number of rotatable bonds is 9. The normalized spacial score (nSPS) is 18.1. The predicted octanol–water partition coefficient (Wildman–Crippen LogP) is 1.88. The van der Waals surface area contributed by atoms with Gasteiger partial charge in [0.15, 0.2) is 0 Å². The molecule has 2 N–H and O–H groups in total. The lowest BCUT2D eigenvalue weighted by atomic mass is 9.72. The number of Topliss-reactive ketones (excluding diaryl/α,β-unsaturated/α-hetero) is 1. The summed E-state index contributed by atoms with van der Waals surface area (Å²) in [6.07, 6.45) is 2.99. The van der Waals surface area contributed by atoms with Crippen molar-refractivity contribution >= 4 is 17.7 Å². The molecule has 0 heterocycles. The van der Waals surface area contributed by atoms with Crippen LogP contribution in [0.1, 0.15) is 38.5 Å². The maximum Gasteiger partial charge on any atom is 0.332 e. The molecule has 1 fully saturated rings. The molecule has 0 bridgehead atoms. The Kier molecular flexibility index (Phi) is 6.08. The summed E-state index contributed by atoms with van der Waals surface area (Å²) < 4.78 is 4.88. The highest BCUT2D eigenvalue weighted by molar-refractivity contribution is 5.99. The third kappa shape index (κ3) is 3.91. The molecule has 0 aromatic heterocycles. The zero-order valence-corrected chi connectivity index (χ0v) is 12.3. The summed E-state index contributed by atoms with van der Waals surface area (Å²) >= 11 is 0. The quantitative estimate of drug-likeness (QED) is 0.630. The van der Waals surface area contributed by atoms with Crippen molar-refractivity contribution in [3.8, 4) is 0 Å².